The third-order valence-electron chi connectivity index (χ3n) is 3.43. The molecule has 1 aliphatic rings. The van der Waals surface area contributed by atoms with Gasteiger partial charge in [0.1, 0.15) is 0 Å². The monoisotopic (exact) mass is 278 g/mol. The minimum atomic E-state index is -0.00460. The van der Waals surface area contributed by atoms with Crippen LogP contribution in [0.4, 0.5) is 5.69 Å². The Morgan fingerprint density at radius 3 is 3.16 bits per heavy atom. The number of ether oxygens (including phenoxy) is 1. The van der Waals surface area contributed by atoms with Crippen LogP contribution in [0.1, 0.15) is 0 Å². The topological polar surface area (TPSA) is 45.6 Å². The molecule has 1 aromatic carbocycles. The molecule has 0 bridgehead atoms. The molecule has 1 N–H and O–H groups in total. The fourth-order valence-corrected chi connectivity index (χ4v) is 2.65. The fraction of sp³-hybridized carbons (Fsp3) is 0.357. The summed E-state index contributed by atoms with van der Waals surface area (Å²) in [5.74, 6) is 0. The number of benzene rings is 1. The van der Waals surface area contributed by atoms with Crippen molar-refractivity contribution in [1.82, 2.24) is 4.98 Å². The molecule has 0 saturated carbocycles. The molecule has 0 radical (unpaired) electrons. The first-order valence-corrected chi connectivity index (χ1v) is 6.67. The van der Waals surface area contributed by atoms with Gasteiger partial charge in [-0.15, -0.1) is 0 Å². The molecular formula is C14H15ClN2O2. The molecule has 1 saturated heterocycles. The van der Waals surface area contributed by atoms with E-state index in [1.165, 1.54) is 0 Å². The zero-order valence-corrected chi connectivity index (χ0v) is 11.2. The number of hydrogen-bond donors (Lipinski definition) is 1. The SMILES string of the molecule is OCC1COCCN1c1ccnc2cc(Cl)ccc12. The van der Waals surface area contributed by atoms with E-state index in [0.717, 1.165) is 23.1 Å². The van der Waals surface area contributed by atoms with Gasteiger partial charge in [-0.3, -0.25) is 4.98 Å². The summed E-state index contributed by atoms with van der Waals surface area (Å²) in [5.41, 5.74) is 1.94. The third-order valence-corrected chi connectivity index (χ3v) is 3.66. The fourth-order valence-electron chi connectivity index (χ4n) is 2.48. The Morgan fingerprint density at radius 1 is 1.42 bits per heavy atom. The maximum Gasteiger partial charge on any atom is 0.0755 e. The maximum absolute atomic E-state index is 9.48. The number of aliphatic hydroxyl groups is 1. The lowest BCUT2D eigenvalue weighted by molar-refractivity contribution is 0.0728. The second kappa shape index (κ2) is 5.33. The molecule has 1 atom stereocenters. The van der Waals surface area contributed by atoms with Gasteiger partial charge in [-0.1, -0.05) is 11.6 Å². The molecule has 1 fully saturated rings. The predicted octanol–water partition coefficient (Wildman–Crippen LogP) is 2.09. The summed E-state index contributed by atoms with van der Waals surface area (Å²) in [4.78, 5) is 6.53. The molecule has 0 amide bonds. The third kappa shape index (κ3) is 2.39. The average Bonchev–Trinajstić information content (AvgIpc) is 2.46. The Labute approximate surface area is 116 Å². The van der Waals surface area contributed by atoms with Crippen LogP contribution in [0.5, 0.6) is 0 Å². The van der Waals surface area contributed by atoms with Gasteiger partial charge in [-0.2, -0.15) is 0 Å². The van der Waals surface area contributed by atoms with Crippen LogP contribution in [0.15, 0.2) is 30.5 Å². The van der Waals surface area contributed by atoms with Crippen molar-refractivity contribution in [3.05, 3.63) is 35.5 Å². The zero-order valence-electron chi connectivity index (χ0n) is 10.4. The van der Waals surface area contributed by atoms with Crippen molar-refractivity contribution in [1.29, 1.82) is 0 Å². The van der Waals surface area contributed by atoms with Crippen LogP contribution >= 0.6 is 11.6 Å². The molecule has 0 aliphatic carbocycles. The highest BCUT2D eigenvalue weighted by Crippen LogP contribution is 2.29. The number of morpholine rings is 1. The number of anilines is 1. The van der Waals surface area contributed by atoms with Crippen LogP contribution in [0, 0.1) is 0 Å². The molecule has 2 heterocycles. The van der Waals surface area contributed by atoms with Gasteiger partial charge < -0.3 is 14.7 Å². The van der Waals surface area contributed by atoms with E-state index in [1.807, 2.05) is 24.3 Å². The Balaban J connectivity index is 2.08. The van der Waals surface area contributed by atoms with Crippen molar-refractivity contribution in [2.75, 3.05) is 31.3 Å². The molecule has 3 rings (SSSR count). The van der Waals surface area contributed by atoms with Gasteiger partial charge in [-0.05, 0) is 24.3 Å². The lowest BCUT2D eigenvalue weighted by Crippen LogP contribution is -2.47. The summed E-state index contributed by atoms with van der Waals surface area (Å²) < 4.78 is 5.42. The van der Waals surface area contributed by atoms with Crippen LogP contribution in [0.2, 0.25) is 5.02 Å². The van der Waals surface area contributed by atoms with Crippen molar-refractivity contribution in [3.63, 3.8) is 0 Å². The van der Waals surface area contributed by atoms with Crippen LogP contribution in [0.25, 0.3) is 10.9 Å². The van der Waals surface area contributed by atoms with Gasteiger partial charge in [0.2, 0.25) is 0 Å². The molecule has 2 aromatic rings. The Morgan fingerprint density at radius 2 is 2.32 bits per heavy atom. The van der Waals surface area contributed by atoms with E-state index in [4.69, 9.17) is 16.3 Å². The van der Waals surface area contributed by atoms with Gasteiger partial charge in [0, 0.05) is 28.8 Å². The lowest BCUT2D eigenvalue weighted by atomic mass is 10.1. The first kappa shape index (κ1) is 12.7. The Bertz CT molecular complexity index is 591. The summed E-state index contributed by atoms with van der Waals surface area (Å²) in [6, 6.07) is 7.67. The highest BCUT2D eigenvalue weighted by Gasteiger charge is 2.23. The highest BCUT2D eigenvalue weighted by atomic mass is 35.5. The quantitative estimate of drug-likeness (QED) is 0.914. The van der Waals surface area contributed by atoms with Gasteiger partial charge >= 0.3 is 0 Å². The minimum Gasteiger partial charge on any atom is -0.394 e. The van der Waals surface area contributed by atoms with Crippen LogP contribution < -0.4 is 4.90 Å². The van der Waals surface area contributed by atoms with Gasteiger partial charge in [0.15, 0.2) is 0 Å². The molecule has 1 unspecified atom stereocenters. The Hall–Kier alpha value is -1.36. The van der Waals surface area contributed by atoms with Crippen molar-refractivity contribution in [2.24, 2.45) is 0 Å². The molecule has 19 heavy (non-hydrogen) atoms. The van der Waals surface area contributed by atoms with Crippen LogP contribution in [0.3, 0.4) is 0 Å². The van der Waals surface area contributed by atoms with E-state index in [2.05, 4.69) is 9.88 Å². The minimum absolute atomic E-state index is 0.00460. The summed E-state index contributed by atoms with van der Waals surface area (Å²) >= 11 is 6.00. The van der Waals surface area contributed by atoms with E-state index < -0.39 is 0 Å². The zero-order chi connectivity index (χ0) is 13.2. The molecule has 4 nitrogen and oxygen atoms in total. The number of nitrogens with zero attached hydrogens (tertiary/aromatic N) is 2. The van der Waals surface area contributed by atoms with Crippen LogP contribution in [-0.4, -0.2) is 42.5 Å². The first-order valence-electron chi connectivity index (χ1n) is 6.29. The Kier molecular flexibility index (Phi) is 3.55. The summed E-state index contributed by atoms with van der Waals surface area (Å²) in [6.45, 7) is 2.08. The van der Waals surface area contributed by atoms with E-state index in [9.17, 15) is 5.11 Å². The number of rotatable bonds is 2. The number of halogens is 1. The number of pyridine rings is 1. The molecular weight excluding hydrogens is 264 g/mol. The van der Waals surface area contributed by atoms with E-state index in [-0.39, 0.29) is 12.6 Å². The van der Waals surface area contributed by atoms with E-state index in [0.29, 0.717) is 18.2 Å². The van der Waals surface area contributed by atoms with E-state index >= 15 is 0 Å². The first-order chi connectivity index (χ1) is 9.29. The molecule has 0 spiro atoms. The number of hydrogen-bond acceptors (Lipinski definition) is 4. The smallest absolute Gasteiger partial charge is 0.0755 e. The lowest BCUT2D eigenvalue weighted by Gasteiger charge is -2.36. The molecule has 1 aliphatic heterocycles. The van der Waals surface area contributed by atoms with Crippen molar-refractivity contribution in [2.45, 2.75) is 6.04 Å². The van der Waals surface area contributed by atoms with Crippen molar-refractivity contribution in [3.8, 4) is 0 Å². The molecule has 5 heteroatoms. The summed E-state index contributed by atoms with van der Waals surface area (Å²) in [6.07, 6.45) is 1.78. The summed E-state index contributed by atoms with van der Waals surface area (Å²) in [7, 11) is 0. The summed E-state index contributed by atoms with van der Waals surface area (Å²) in [5, 5.41) is 11.2. The second-order valence-electron chi connectivity index (χ2n) is 4.60. The predicted molar refractivity (Wildman–Crippen MR) is 75.8 cm³/mol. The van der Waals surface area contributed by atoms with Gasteiger partial charge in [0.05, 0.1) is 31.4 Å². The van der Waals surface area contributed by atoms with Crippen molar-refractivity contribution < 1.29 is 9.84 Å². The van der Waals surface area contributed by atoms with Gasteiger partial charge in [0.25, 0.3) is 0 Å². The van der Waals surface area contributed by atoms with Gasteiger partial charge in [-0.25, -0.2) is 0 Å². The number of fused-ring (bicyclic) bond motifs is 1. The number of aliphatic hydroxyl groups excluding tert-OH is 1. The highest BCUT2D eigenvalue weighted by molar-refractivity contribution is 6.31. The molecule has 1 aromatic heterocycles. The normalized spacial score (nSPS) is 19.9. The van der Waals surface area contributed by atoms with E-state index in [1.54, 1.807) is 6.20 Å². The largest absolute Gasteiger partial charge is 0.394 e. The van der Waals surface area contributed by atoms with Crippen LogP contribution in [-0.2, 0) is 4.74 Å². The molecule has 100 valence electrons. The second-order valence-corrected chi connectivity index (χ2v) is 5.03. The maximum atomic E-state index is 9.48. The number of aromatic nitrogens is 1. The standard InChI is InChI=1S/C14H15ClN2O2/c15-10-1-2-12-13(7-10)16-4-3-14(12)17-5-6-19-9-11(17)8-18/h1-4,7,11,18H,5-6,8-9H2. The average molecular weight is 279 g/mol. The van der Waals surface area contributed by atoms with Crippen molar-refractivity contribution >= 4 is 28.2 Å².